The quantitative estimate of drug-likeness (QED) is 0.859. The molecule has 1 saturated carbocycles. The minimum absolute atomic E-state index is 0.157. The molecule has 1 aliphatic carbocycles. The molecule has 2 unspecified atom stereocenters. The fourth-order valence-electron chi connectivity index (χ4n) is 2.72. The largest absolute Gasteiger partial charge is 0.345 e. The molecule has 3 heteroatoms. The normalized spacial score (nSPS) is 25.3. The fourth-order valence-corrected chi connectivity index (χ4v) is 2.72. The SMILES string of the molecule is CC1CCCC(c2ncc(CNC(C)(C)C)[nH]2)C1. The Bertz CT molecular complexity index is 375. The van der Waals surface area contributed by atoms with Gasteiger partial charge in [-0.2, -0.15) is 0 Å². The molecule has 2 N–H and O–H groups in total. The number of rotatable bonds is 3. The summed E-state index contributed by atoms with van der Waals surface area (Å²) in [7, 11) is 0. The topological polar surface area (TPSA) is 40.7 Å². The first-order valence-electron chi connectivity index (χ1n) is 7.23. The molecule has 0 amide bonds. The van der Waals surface area contributed by atoms with Crippen molar-refractivity contribution in [1.82, 2.24) is 15.3 Å². The van der Waals surface area contributed by atoms with Gasteiger partial charge in [0.15, 0.2) is 0 Å². The van der Waals surface area contributed by atoms with Gasteiger partial charge in [-0.1, -0.05) is 19.8 Å². The van der Waals surface area contributed by atoms with E-state index in [-0.39, 0.29) is 5.54 Å². The van der Waals surface area contributed by atoms with Gasteiger partial charge in [-0.3, -0.25) is 0 Å². The van der Waals surface area contributed by atoms with Crippen LogP contribution in [0, 0.1) is 5.92 Å². The van der Waals surface area contributed by atoms with Crippen molar-refractivity contribution in [3.05, 3.63) is 17.7 Å². The Balaban J connectivity index is 1.93. The van der Waals surface area contributed by atoms with Crippen molar-refractivity contribution in [3.63, 3.8) is 0 Å². The Labute approximate surface area is 111 Å². The van der Waals surface area contributed by atoms with Gasteiger partial charge in [0, 0.05) is 29.9 Å². The van der Waals surface area contributed by atoms with Gasteiger partial charge in [-0.25, -0.2) is 4.98 Å². The van der Waals surface area contributed by atoms with Crippen LogP contribution in [-0.4, -0.2) is 15.5 Å². The smallest absolute Gasteiger partial charge is 0.109 e. The van der Waals surface area contributed by atoms with Crippen molar-refractivity contribution in [2.24, 2.45) is 5.92 Å². The summed E-state index contributed by atoms with van der Waals surface area (Å²) in [4.78, 5) is 8.08. The molecule has 1 aliphatic rings. The van der Waals surface area contributed by atoms with Gasteiger partial charge in [0.2, 0.25) is 0 Å². The lowest BCUT2D eigenvalue weighted by atomic mass is 9.82. The standard InChI is InChI=1S/C15H27N3/c1-11-6-5-7-12(8-11)14-16-9-13(18-14)10-17-15(2,3)4/h9,11-12,17H,5-8,10H2,1-4H3,(H,16,18). The Kier molecular flexibility index (Phi) is 4.10. The van der Waals surface area contributed by atoms with Crippen molar-refractivity contribution >= 4 is 0 Å². The Morgan fingerprint density at radius 2 is 2.17 bits per heavy atom. The highest BCUT2D eigenvalue weighted by Crippen LogP contribution is 2.34. The predicted octanol–water partition coefficient (Wildman–Crippen LogP) is 3.59. The number of aromatic nitrogens is 2. The van der Waals surface area contributed by atoms with Gasteiger partial charge >= 0.3 is 0 Å². The molecule has 1 aromatic heterocycles. The molecule has 1 aromatic rings. The number of hydrogen-bond acceptors (Lipinski definition) is 2. The maximum atomic E-state index is 4.58. The number of nitrogens with one attached hydrogen (secondary N) is 2. The predicted molar refractivity (Wildman–Crippen MR) is 75.6 cm³/mol. The first-order valence-corrected chi connectivity index (χ1v) is 7.23. The fraction of sp³-hybridized carbons (Fsp3) is 0.800. The molecule has 0 spiro atoms. The maximum absolute atomic E-state index is 4.58. The minimum atomic E-state index is 0.157. The van der Waals surface area contributed by atoms with E-state index < -0.39 is 0 Å². The van der Waals surface area contributed by atoms with E-state index in [1.165, 1.54) is 37.2 Å². The summed E-state index contributed by atoms with van der Waals surface area (Å²) in [5, 5.41) is 3.49. The van der Waals surface area contributed by atoms with Gasteiger partial charge in [0.1, 0.15) is 5.82 Å². The third-order valence-electron chi connectivity index (χ3n) is 3.78. The van der Waals surface area contributed by atoms with Crippen LogP contribution in [0.1, 0.15) is 70.8 Å². The van der Waals surface area contributed by atoms with E-state index >= 15 is 0 Å². The Hall–Kier alpha value is -0.830. The van der Waals surface area contributed by atoms with E-state index in [4.69, 9.17) is 0 Å². The second-order valence-electron chi connectivity index (χ2n) is 6.87. The summed E-state index contributed by atoms with van der Waals surface area (Å²) < 4.78 is 0. The van der Waals surface area contributed by atoms with Gasteiger partial charge < -0.3 is 10.3 Å². The number of aromatic amines is 1. The number of hydrogen-bond donors (Lipinski definition) is 2. The van der Waals surface area contributed by atoms with E-state index in [2.05, 4.69) is 43.0 Å². The molecular weight excluding hydrogens is 222 g/mol. The molecule has 1 fully saturated rings. The molecule has 0 aromatic carbocycles. The van der Waals surface area contributed by atoms with Crippen LogP contribution in [0.2, 0.25) is 0 Å². The van der Waals surface area contributed by atoms with Gasteiger partial charge in [0.25, 0.3) is 0 Å². The highest BCUT2D eigenvalue weighted by atomic mass is 15.0. The zero-order valence-corrected chi connectivity index (χ0v) is 12.2. The van der Waals surface area contributed by atoms with Crippen LogP contribution < -0.4 is 5.32 Å². The minimum Gasteiger partial charge on any atom is -0.345 e. The second-order valence-corrected chi connectivity index (χ2v) is 6.87. The second kappa shape index (κ2) is 5.43. The highest BCUT2D eigenvalue weighted by Gasteiger charge is 2.22. The Morgan fingerprint density at radius 3 is 2.83 bits per heavy atom. The zero-order valence-electron chi connectivity index (χ0n) is 12.2. The zero-order chi connectivity index (χ0) is 13.2. The van der Waals surface area contributed by atoms with E-state index in [1.807, 2.05) is 6.20 Å². The molecule has 2 rings (SSSR count). The molecule has 3 nitrogen and oxygen atoms in total. The van der Waals surface area contributed by atoms with Gasteiger partial charge in [-0.05, 0) is 39.5 Å². The van der Waals surface area contributed by atoms with Crippen LogP contribution in [0.15, 0.2) is 6.20 Å². The third kappa shape index (κ3) is 3.84. The number of imidazole rings is 1. The van der Waals surface area contributed by atoms with Crippen molar-refractivity contribution in [2.45, 2.75) is 71.4 Å². The lowest BCUT2D eigenvalue weighted by Crippen LogP contribution is -2.35. The van der Waals surface area contributed by atoms with Crippen molar-refractivity contribution in [3.8, 4) is 0 Å². The van der Waals surface area contributed by atoms with Crippen LogP contribution in [0.5, 0.6) is 0 Å². The van der Waals surface area contributed by atoms with E-state index in [0.29, 0.717) is 5.92 Å². The molecule has 18 heavy (non-hydrogen) atoms. The lowest BCUT2D eigenvalue weighted by Gasteiger charge is -2.25. The summed E-state index contributed by atoms with van der Waals surface area (Å²) in [5.41, 5.74) is 1.36. The summed E-state index contributed by atoms with van der Waals surface area (Å²) >= 11 is 0. The monoisotopic (exact) mass is 249 g/mol. The number of H-pyrrole nitrogens is 1. The molecule has 0 aliphatic heterocycles. The summed E-state index contributed by atoms with van der Waals surface area (Å²) in [6, 6.07) is 0. The van der Waals surface area contributed by atoms with E-state index in [9.17, 15) is 0 Å². The van der Waals surface area contributed by atoms with E-state index in [1.54, 1.807) is 0 Å². The molecule has 1 heterocycles. The van der Waals surface area contributed by atoms with Crippen molar-refractivity contribution < 1.29 is 0 Å². The lowest BCUT2D eigenvalue weighted by molar-refractivity contribution is 0.336. The molecule has 102 valence electrons. The summed E-state index contributed by atoms with van der Waals surface area (Å²) in [6.07, 6.45) is 7.31. The Morgan fingerprint density at radius 1 is 1.39 bits per heavy atom. The van der Waals surface area contributed by atoms with Gasteiger partial charge in [0.05, 0.1) is 0 Å². The molecule has 2 atom stereocenters. The van der Waals surface area contributed by atoms with Crippen molar-refractivity contribution in [2.75, 3.05) is 0 Å². The molecule has 0 saturated heterocycles. The van der Waals surface area contributed by atoms with Crippen LogP contribution in [0.3, 0.4) is 0 Å². The third-order valence-corrected chi connectivity index (χ3v) is 3.78. The average Bonchev–Trinajstić information content (AvgIpc) is 2.74. The first kappa shape index (κ1) is 13.6. The average molecular weight is 249 g/mol. The van der Waals surface area contributed by atoms with Crippen LogP contribution >= 0.6 is 0 Å². The first-order chi connectivity index (χ1) is 8.44. The van der Waals surface area contributed by atoms with Crippen molar-refractivity contribution in [1.29, 1.82) is 0 Å². The molecule has 0 radical (unpaired) electrons. The summed E-state index contributed by atoms with van der Waals surface area (Å²) in [6.45, 7) is 9.79. The summed E-state index contributed by atoms with van der Waals surface area (Å²) in [5.74, 6) is 2.70. The van der Waals surface area contributed by atoms with Gasteiger partial charge in [-0.15, -0.1) is 0 Å². The van der Waals surface area contributed by atoms with E-state index in [0.717, 1.165) is 12.5 Å². The molecule has 0 bridgehead atoms. The molecular formula is C15H27N3. The highest BCUT2D eigenvalue weighted by molar-refractivity contribution is 5.07. The van der Waals surface area contributed by atoms with Crippen LogP contribution in [0.25, 0.3) is 0 Å². The maximum Gasteiger partial charge on any atom is 0.109 e. The van der Waals surface area contributed by atoms with Crippen LogP contribution in [-0.2, 0) is 6.54 Å². The number of nitrogens with zero attached hydrogens (tertiary/aromatic N) is 1. The van der Waals surface area contributed by atoms with Crippen LogP contribution in [0.4, 0.5) is 0 Å².